The summed E-state index contributed by atoms with van der Waals surface area (Å²) in [5.74, 6) is -0.383. The lowest BCUT2D eigenvalue weighted by Gasteiger charge is -2.05. The first kappa shape index (κ1) is 14.3. The number of carbonyl (C=O) groups excluding carboxylic acids is 1. The Morgan fingerprint density at radius 2 is 2.06 bits per heavy atom. The normalized spacial score (nSPS) is 12.7. The van der Waals surface area contributed by atoms with Gasteiger partial charge >= 0.3 is 0 Å². The molecule has 0 spiro atoms. The van der Waals surface area contributed by atoms with Crippen molar-refractivity contribution < 1.29 is 9.18 Å². The quantitative estimate of drug-likeness (QED) is 0.748. The highest BCUT2D eigenvalue weighted by molar-refractivity contribution is 6.44. The van der Waals surface area contributed by atoms with Crippen LogP contribution in [0.4, 0.5) is 4.39 Å². The minimum Gasteiger partial charge on any atom is -0.293 e. The highest BCUT2D eigenvalue weighted by Crippen LogP contribution is 2.19. The van der Waals surface area contributed by atoms with Crippen LogP contribution in [0.3, 0.4) is 0 Å². The number of Topliss-reactive ketones (excluding diaryl/α,β-unsaturated/α-hetero) is 1. The van der Waals surface area contributed by atoms with Gasteiger partial charge in [0.25, 0.3) is 0 Å². The Morgan fingerprint density at radius 1 is 1.39 bits per heavy atom. The number of ketones is 1. The molecule has 96 valence electrons. The van der Waals surface area contributed by atoms with Crippen LogP contribution >= 0.6 is 0 Å². The van der Waals surface area contributed by atoms with E-state index in [0.29, 0.717) is 23.4 Å². The van der Waals surface area contributed by atoms with Crippen LogP contribution in [0.15, 0.2) is 29.3 Å². The number of rotatable bonds is 4. The summed E-state index contributed by atoms with van der Waals surface area (Å²) in [7, 11) is 0. The molecular weight excluding hydrogens is 229 g/mol. The number of benzene rings is 1. The first-order chi connectivity index (χ1) is 8.45. The number of nitrogens with zero attached hydrogens (tertiary/aromatic N) is 1. The maximum atomic E-state index is 13.8. The van der Waals surface area contributed by atoms with Gasteiger partial charge in [0.15, 0.2) is 5.78 Å². The highest BCUT2D eigenvalue weighted by Gasteiger charge is 2.07. The average molecular weight is 247 g/mol. The van der Waals surface area contributed by atoms with Gasteiger partial charge in [-0.3, -0.25) is 9.79 Å². The molecule has 0 N–H and O–H groups in total. The number of aliphatic imine (C=N–C) groups is 1. The van der Waals surface area contributed by atoms with Crippen molar-refractivity contribution in [3.05, 3.63) is 41.2 Å². The number of halogens is 1. The monoisotopic (exact) mass is 247 g/mol. The second kappa shape index (κ2) is 6.24. The van der Waals surface area contributed by atoms with Crippen LogP contribution in [0.1, 0.15) is 31.9 Å². The molecule has 0 fully saturated rings. The van der Waals surface area contributed by atoms with Gasteiger partial charge in [0.2, 0.25) is 0 Å². The van der Waals surface area contributed by atoms with Gasteiger partial charge in [0, 0.05) is 19.0 Å². The van der Waals surface area contributed by atoms with E-state index < -0.39 is 0 Å². The van der Waals surface area contributed by atoms with Crippen molar-refractivity contribution in [2.45, 2.75) is 27.7 Å². The van der Waals surface area contributed by atoms with Gasteiger partial charge in [-0.1, -0.05) is 12.1 Å². The number of hydrogen-bond donors (Lipinski definition) is 0. The fourth-order valence-electron chi connectivity index (χ4n) is 1.65. The molecule has 1 aromatic rings. The van der Waals surface area contributed by atoms with Gasteiger partial charge in [-0.05, 0) is 44.1 Å². The zero-order chi connectivity index (χ0) is 13.7. The largest absolute Gasteiger partial charge is 0.293 e. The molecule has 18 heavy (non-hydrogen) atoms. The van der Waals surface area contributed by atoms with Crippen LogP contribution in [0.25, 0.3) is 5.57 Å². The molecule has 0 aliphatic heterocycles. The Balaban J connectivity index is 3.16. The Kier molecular flexibility index (Phi) is 4.95. The Hall–Kier alpha value is -1.77. The van der Waals surface area contributed by atoms with Crippen molar-refractivity contribution in [1.29, 1.82) is 0 Å². The molecule has 0 amide bonds. The van der Waals surface area contributed by atoms with Crippen molar-refractivity contribution in [3.63, 3.8) is 0 Å². The minimum absolute atomic E-state index is 0.108. The van der Waals surface area contributed by atoms with Gasteiger partial charge < -0.3 is 0 Å². The smallest absolute Gasteiger partial charge is 0.177 e. The van der Waals surface area contributed by atoms with E-state index in [-0.39, 0.29) is 11.6 Å². The molecule has 3 heteroatoms. The summed E-state index contributed by atoms with van der Waals surface area (Å²) in [5.41, 5.74) is 2.47. The van der Waals surface area contributed by atoms with E-state index >= 15 is 0 Å². The highest BCUT2D eigenvalue weighted by atomic mass is 19.1. The molecule has 0 aliphatic rings. The summed E-state index contributed by atoms with van der Waals surface area (Å²) >= 11 is 0. The number of hydrogen-bond acceptors (Lipinski definition) is 2. The van der Waals surface area contributed by atoms with E-state index in [1.54, 1.807) is 19.1 Å². The van der Waals surface area contributed by atoms with Crippen LogP contribution in [-0.2, 0) is 4.79 Å². The standard InChI is InChI=1S/C15H18FNO/c1-5-17-15(12(4)18)9-11(3)13-7-6-10(2)8-14(13)16/h6-9H,5H2,1-4H3/b11-9+,17-15?. The van der Waals surface area contributed by atoms with Crippen LogP contribution in [-0.4, -0.2) is 18.0 Å². The average Bonchev–Trinajstić information content (AvgIpc) is 2.27. The molecule has 1 rings (SSSR count). The molecule has 1 aromatic carbocycles. The SMILES string of the molecule is CCN=C(/C=C(\C)c1ccc(C)cc1F)C(C)=O. The number of allylic oxidation sites excluding steroid dienone is 2. The lowest BCUT2D eigenvalue weighted by Crippen LogP contribution is -2.08. The molecule has 0 unspecified atom stereocenters. The van der Waals surface area contributed by atoms with E-state index in [1.165, 1.54) is 13.0 Å². The van der Waals surface area contributed by atoms with Crippen molar-refractivity contribution >= 4 is 17.1 Å². The molecule has 0 aromatic heterocycles. The third-order valence-corrected chi connectivity index (χ3v) is 2.59. The molecule has 0 atom stereocenters. The van der Waals surface area contributed by atoms with Gasteiger partial charge in [0.05, 0.1) is 0 Å². The zero-order valence-corrected chi connectivity index (χ0v) is 11.2. The maximum Gasteiger partial charge on any atom is 0.177 e. The third kappa shape index (κ3) is 3.62. The first-order valence-corrected chi connectivity index (χ1v) is 5.96. The van der Waals surface area contributed by atoms with Gasteiger partial charge in [0.1, 0.15) is 11.5 Å². The summed E-state index contributed by atoms with van der Waals surface area (Å²) in [6, 6.07) is 5.05. The van der Waals surface area contributed by atoms with Crippen molar-refractivity contribution in [3.8, 4) is 0 Å². The summed E-state index contributed by atoms with van der Waals surface area (Å²) in [4.78, 5) is 15.5. The van der Waals surface area contributed by atoms with E-state index in [2.05, 4.69) is 4.99 Å². The van der Waals surface area contributed by atoms with E-state index in [4.69, 9.17) is 0 Å². The number of aryl methyl sites for hydroxylation is 1. The van der Waals surface area contributed by atoms with E-state index in [9.17, 15) is 9.18 Å². The molecule has 2 nitrogen and oxygen atoms in total. The van der Waals surface area contributed by atoms with Crippen LogP contribution < -0.4 is 0 Å². The summed E-state index contributed by atoms with van der Waals surface area (Å²) in [5, 5.41) is 0. The maximum absolute atomic E-state index is 13.8. The second-order valence-electron chi connectivity index (χ2n) is 4.23. The lowest BCUT2D eigenvalue weighted by molar-refractivity contribution is -0.111. The molecule has 0 aliphatic carbocycles. The second-order valence-corrected chi connectivity index (χ2v) is 4.23. The Labute approximate surface area is 107 Å². The minimum atomic E-state index is -0.275. The summed E-state index contributed by atoms with van der Waals surface area (Å²) in [6.07, 6.45) is 1.64. The van der Waals surface area contributed by atoms with Gasteiger partial charge in [-0.15, -0.1) is 0 Å². The van der Waals surface area contributed by atoms with Crippen LogP contribution in [0.5, 0.6) is 0 Å². The van der Waals surface area contributed by atoms with Gasteiger partial charge in [-0.25, -0.2) is 4.39 Å². The molecular formula is C15H18FNO. The fraction of sp³-hybridized carbons (Fsp3) is 0.333. The van der Waals surface area contributed by atoms with Crippen molar-refractivity contribution in [2.75, 3.05) is 6.54 Å². The lowest BCUT2D eigenvalue weighted by atomic mass is 10.0. The van der Waals surface area contributed by atoms with E-state index in [1.807, 2.05) is 19.9 Å². The molecule has 0 saturated carbocycles. The fourth-order valence-corrected chi connectivity index (χ4v) is 1.65. The number of carbonyl (C=O) groups is 1. The third-order valence-electron chi connectivity index (χ3n) is 2.59. The summed E-state index contributed by atoms with van der Waals surface area (Å²) in [6.45, 7) is 7.48. The molecule has 0 bridgehead atoms. The zero-order valence-electron chi connectivity index (χ0n) is 11.2. The van der Waals surface area contributed by atoms with Crippen LogP contribution in [0, 0.1) is 12.7 Å². The molecule has 0 heterocycles. The Morgan fingerprint density at radius 3 is 2.56 bits per heavy atom. The van der Waals surface area contributed by atoms with E-state index in [0.717, 1.165) is 5.56 Å². The first-order valence-electron chi connectivity index (χ1n) is 5.96. The van der Waals surface area contributed by atoms with Crippen molar-refractivity contribution in [2.24, 2.45) is 4.99 Å². The summed E-state index contributed by atoms with van der Waals surface area (Å²) < 4.78 is 13.8. The molecule has 0 saturated heterocycles. The Bertz CT molecular complexity index is 515. The van der Waals surface area contributed by atoms with Crippen molar-refractivity contribution in [1.82, 2.24) is 0 Å². The van der Waals surface area contributed by atoms with Gasteiger partial charge in [-0.2, -0.15) is 0 Å². The molecule has 0 radical (unpaired) electrons. The van der Waals surface area contributed by atoms with Crippen LogP contribution in [0.2, 0.25) is 0 Å². The predicted octanol–water partition coefficient (Wildman–Crippen LogP) is 3.59. The topological polar surface area (TPSA) is 29.4 Å². The predicted molar refractivity (Wildman–Crippen MR) is 73.4 cm³/mol.